The highest BCUT2D eigenvalue weighted by molar-refractivity contribution is 5.48. The number of aryl methyl sites for hydroxylation is 2. The highest BCUT2D eigenvalue weighted by Gasteiger charge is 2.16. The smallest absolute Gasteiger partial charge is 0.125 e. The van der Waals surface area contributed by atoms with Crippen molar-refractivity contribution in [3.63, 3.8) is 0 Å². The average Bonchev–Trinajstić information content (AvgIpc) is 2.65. The second-order valence-electron chi connectivity index (χ2n) is 7.24. The lowest BCUT2D eigenvalue weighted by Gasteiger charge is -2.23. The Balaban J connectivity index is 1.75. The van der Waals surface area contributed by atoms with Gasteiger partial charge in [-0.25, -0.2) is 0 Å². The zero-order valence-electron chi connectivity index (χ0n) is 15.8. The van der Waals surface area contributed by atoms with Crippen LogP contribution in [0.2, 0.25) is 0 Å². The standard InChI is InChI=1S/C23H27NO2/c1-17-12-18(2)23(26-11-9-19-6-5-10-25-16-19)22(13-17)14-20-7-3-4-8-21(20)15-24/h3-4,7-8,12-13,19H,5-6,9-11,14,16H2,1-2H3. The molecule has 0 spiro atoms. The van der Waals surface area contributed by atoms with Gasteiger partial charge >= 0.3 is 0 Å². The molecule has 136 valence electrons. The fraction of sp³-hybridized carbons (Fsp3) is 0.435. The van der Waals surface area contributed by atoms with Gasteiger partial charge in [-0.3, -0.25) is 0 Å². The van der Waals surface area contributed by atoms with E-state index in [1.54, 1.807) is 0 Å². The zero-order valence-corrected chi connectivity index (χ0v) is 15.8. The van der Waals surface area contributed by atoms with E-state index in [1.807, 2.05) is 24.3 Å². The van der Waals surface area contributed by atoms with E-state index < -0.39 is 0 Å². The molecule has 1 aliphatic heterocycles. The zero-order chi connectivity index (χ0) is 18.4. The molecular formula is C23H27NO2. The quantitative estimate of drug-likeness (QED) is 0.740. The maximum atomic E-state index is 9.37. The van der Waals surface area contributed by atoms with Gasteiger partial charge in [0.25, 0.3) is 0 Å². The number of ether oxygens (including phenoxy) is 2. The van der Waals surface area contributed by atoms with E-state index in [2.05, 4.69) is 32.0 Å². The Morgan fingerprint density at radius 3 is 2.81 bits per heavy atom. The molecule has 0 amide bonds. The molecule has 2 aromatic carbocycles. The van der Waals surface area contributed by atoms with Crippen LogP contribution < -0.4 is 4.74 Å². The van der Waals surface area contributed by atoms with E-state index in [1.165, 1.54) is 12.0 Å². The fourth-order valence-corrected chi connectivity index (χ4v) is 3.73. The van der Waals surface area contributed by atoms with Crippen molar-refractivity contribution in [2.75, 3.05) is 19.8 Å². The first-order valence-electron chi connectivity index (χ1n) is 9.46. The largest absolute Gasteiger partial charge is 0.493 e. The van der Waals surface area contributed by atoms with Crippen LogP contribution in [0.3, 0.4) is 0 Å². The van der Waals surface area contributed by atoms with Gasteiger partial charge in [-0.05, 0) is 61.8 Å². The number of nitrogens with zero attached hydrogens (tertiary/aromatic N) is 1. The summed E-state index contributed by atoms with van der Waals surface area (Å²) in [6.07, 6.45) is 4.14. The molecule has 1 heterocycles. The predicted molar refractivity (Wildman–Crippen MR) is 104 cm³/mol. The summed E-state index contributed by atoms with van der Waals surface area (Å²) in [6, 6.07) is 14.4. The highest BCUT2D eigenvalue weighted by Crippen LogP contribution is 2.29. The van der Waals surface area contributed by atoms with Crippen molar-refractivity contribution in [2.24, 2.45) is 5.92 Å². The number of nitriles is 1. The van der Waals surface area contributed by atoms with Crippen LogP contribution in [0.4, 0.5) is 0 Å². The van der Waals surface area contributed by atoms with Gasteiger partial charge in [-0.15, -0.1) is 0 Å². The first kappa shape index (κ1) is 18.5. The summed E-state index contributed by atoms with van der Waals surface area (Å²) in [7, 11) is 0. The Hall–Kier alpha value is -2.31. The van der Waals surface area contributed by atoms with Crippen molar-refractivity contribution >= 4 is 0 Å². The molecule has 3 rings (SSSR count). The van der Waals surface area contributed by atoms with E-state index in [4.69, 9.17) is 9.47 Å². The number of benzene rings is 2. The number of hydrogen-bond acceptors (Lipinski definition) is 3. The van der Waals surface area contributed by atoms with Crippen LogP contribution in [0.1, 0.15) is 47.1 Å². The molecule has 0 aromatic heterocycles. The molecule has 0 radical (unpaired) electrons. The normalized spacial score (nSPS) is 16.9. The van der Waals surface area contributed by atoms with Gasteiger partial charge in [0, 0.05) is 19.6 Å². The molecule has 26 heavy (non-hydrogen) atoms. The van der Waals surface area contributed by atoms with Crippen molar-refractivity contribution < 1.29 is 9.47 Å². The Bertz CT molecular complexity index is 785. The summed E-state index contributed by atoms with van der Waals surface area (Å²) in [5.41, 5.74) is 5.32. The first-order chi connectivity index (χ1) is 12.7. The van der Waals surface area contributed by atoms with Gasteiger partial charge in [0.2, 0.25) is 0 Å². The minimum absolute atomic E-state index is 0.609. The molecular weight excluding hydrogens is 322 g/mol. The van der Waals surface area contributed by atoms with Crippen LogP contribution in [0.15, 0.2) is 36.4 Å². The maximum Gasteiger partial charge on any atom is 0.125 e. The van der Waals surface area contributed by atoms with Crippen LogP contribution >= 0.6 is 0 Å². The Kier molecular flexibility index (Phi) is 6.30. The third-order valence-corrected chi connectivity index (χ3v) is 5.04. The van der Waals surface area contributed by atoms with Crippen LogP contribution in [-0.2, 0) is 11.2 Å². The monoisotopic (exact) mass is 349 g/mol. The SMILES string of the molecule is Cc1cc(C)c(OCCC2CCCOC2)c(Cc2ccccc2C#N)c1. The van der Waals surface area contributed by atoms with Gasteiger partial charge in [-0.1, -0.05) is 35.9 Å². The molecule has 1 atom stereocenters. The second-order valence-corrected chi connectivity index (χ2v) is 7.24. The molecule has 3 heteroatoms. The lowest BCUT2D eigenvalue weighted by Crippen LogP contribution is -2.19. The van der Waals surface area contributed by atoms with E-state index in [-0.39, 0.29) is 0 Å². The Morgan fingerprint density at radius 2 is 2.04 bits per heavy atom. The first-order valence-corrected chi connectivity index (χ1v) is 9.46. The molecule has 3 nitrogen and oxygen atoms in total. The van der Waals surface area contributed by atoms with Gasteiger partial charge in [0.1, 0.15) is 5.75 Å². The van der Waals surface area contributed by atoms with Crippen LogP contribution in [0, 0.1) is 31.1 Å². The van der Waals surface area contributed by atoms with Gasteiger partial charge in [0.15, 0.2) is 0 Å². The topological polar surface area (TPSA) is 42.2 Å². The fourth-order valence-electron chi connectivity index (χ4n) is 3.73. The summed E-state index contributed by atoms with van der Waals surface area (Å²) in [5.74, 6) is 1.58. The Morgan fingerprint density at radius 1 is 1.19 bits per heavy atom. The predicted octanol–water partition coefficient (Wildman–Crippen LogP) is 4.96. The molecule has 1 unspecified atom stereocenters. The molecule has 0 saturated carbocycles. The highest BCUT2D eigenvalue weighted by atomic mass is 16.5. The van der Waals surface area contributed by atoms with Crippen LogP contribution in [-0.4, -0.2) is 19.8 Å². The van der Waals surface area contributed by atoms with E-state index in [0.29, 0.717) is 18.9 Å². The lowest BCUT2D eigenvalue weighted by atomic mass is 9.96. The van der Waals surface area contributed by atoms with Crippen LogP contribution in [0.25, 0.3) is 0 Å². The van der Waals surface area contributed by atoms with Crippen molar-refractivity contribution in [3.8, 4) is 11.8 Å². The maximum absolute atomic E-state index is 9.37. The lowest BCUT2D eigenvalue weighted by molar-refractivity contribution is 0.0461. The molecule has 1 aliphatic rings. The summed E-state index contributed by atoms with van der Waals surface area (Å²) < 4.78 is 11.8. The van der Waals surface area contributed by atoms with Crippen molar-refractivity contribution in [1.82, 2.24) is 0 Å². The third kappa shape index (κ3) is 4.65. The summed E-state index contributed by atoms with van der Waals surface area (Å²) in [5, 5.41) is 9.37. The number of hydrogen-bond donors (Lipinski definition) is 0. The summed E-state index contributed by atoms with van der Waals surface area (Å²) in [6.45, 7) is 6.68. The minimum atomic E-state index is 0.609. The van der Waals surface area contributed by atoms with Gasteiger partial charge < -0.3 is 9.47 Å². The molecule has 0 aliphatic carbocycles. The summed E-state index contributed by atoms with van der Waals surface area (Å²) in [4.78, 5) is 0. The average molecular weight is 349 g/mol. The Labute approximate surface area is 156 Å². The van der Waals surface area contributed by atoms with Crippen molar-refractivity contribution in [2.45, 2.75) is 39.5 Å². The van der Waals surface area contributed by atoms with Crippen molar-refractivity contribution in [3.05, 3.63) is 64.2 Å². The third-order valence-electron chi connectivity index (χ3n) is 5.04. The molecule has 2 aromatic rings. The van der Waals surface area contributed by atoms with Gasteiger partial charge in [0.05, 0.1) is 18.2 Å². The van der Waals surface area contributed by atoms with E-state index in [9.17, 15) is 5.26 Å². The van der Waals surface area contributed by atoms with E-state index >= 15 is 0 Å². The van der Waals surface area contributed by atoms with Gasteiger partial charge in [-0.2, -0.15) is 5.26 Å². The van der Waals surface area contributed by atoms with E-state index in [0.717, 1.165) is 54.1 Å². The second kappa shape index (κ2) is 8.87. The number of rotatable bonds is 6. The molecule has 0 N–H and O–H groups in total. The van der Waals surface area contributed by atoms with Crippen LogP contribution in [0.5, 0.6) is 5.75 Å². The molecule has 1 fully saturated rings. The molecule has 0 bridgehead atoms. The van der Waals surface area contributed by atoms with Crippen molar-refractivity contribution in [1.29, 1.82) is 5.26 Å². The minimum Gasteiger partial charge on any atom is -0.493 e. The summed E-state index contributed by atoms with van der Waals surface area (Å²) >= 11 is 0. The molecule has 1 saturated heterocycles.